The molecule has 2 amide bonds. The van der Waals surface area contributed by atoms with Crippen LogP contribution in [0.1, 0.15) is 19.8 Å². The van der Waals surface area contributed by atoms with Crippen LogP contribution in [0, 0.1) is 0 Å². The number of rotatable bonds is 7. The lowest BCUT2D eigenvalue weighted by molar-refractivity contribution is 0.249. The van der Waals surface area contributed by atoms with E-state index >= 15 is 0 Å². The van der Waals surface area contributed by atoms with Crippen LogP contribution in [0.4, 0.5) is 4.79 Å². The van der Waals surface area contributed by atoms with Crippen LogP contribution in [-0.4, -0.2) is 19.2 Å². The zero-order chi connectivity index (χ0) is 11.0. The molecular formula is C6H18N5OPS. The van der Waals surface area contributed by atoms with Gasteiger partial charge in [-0.25, -0.2) is 9.88 Å². The van der Waals surface area contributed by atoms with Gasteiger partial charge in [-0.3, -0.25) is 10.6 Å². The summed E-state index contributed by atoms with van der Waals surface area (Å²) in [5.41, 5.74) is 10.6. The Kier molecular flexibility index (Phi) is 7.04. The van der Waals surface area contributed by atoms with Crippen LogP contribution in [0.3, 0.4) is 0 Å². The number of carbonyl (C=O) groups excluding carboxylic acids is 1. The van der Waals surface area contributed by atoms with Crippen LogP contribution in [0.5, 0.6) is 0 Å². The highest BCUT2D eigenvalue weighted by Gasteiger charge is 2.07. The van der Waals surface area contributed by atoms with E-state index in [0.717, 1.165) is 19.4 Å². The summed E-state index contributed by atoms with van der Waals surface area (Å²) in [5.74, 6) is 0. The van der Waals surface area contributed by atoms with E-state index in [1.165, 1.54) is 0 Å². The molecule has 0 rings (SSSR count). The Hall–Kier alpha value is -0.200. The van der Waals surface area contributed by atoms with Crippen LogP contribution in [-0.2, 0) is 11.8 Å². The summed E-state index contributed by atoms with van der Waals surface area (Å²) in [6.45, 7) is 0.854. The number of unbranched alkanes of at least 4 members (excludes halogenated alkanes) is 1. The molecule has 8 heteroatoms. The van der Waals surface area contributed by atoms with Crippen molar-refractivity contribution in [3.8, 4) is 0 Å². The van der Waals surface area contributed by atoms with Gasteiger partial charge in [0.05, 0.1) is 6.67 Å². The van der Waals surface area contributed by atoms with Gasteiger partial charge in [0.15, 0.2) is 0 Å². The van der Waals surface area contributed by atoms with Crippen LogP contribution in [0.15, 0.2) is 0 Å². The standard InChI is InChI=1S/C6H18N5OPS/c1-2-3-4-10-13(8,14)11-5-9-6(7)12/h2-5H2,1H3,(H3,7,9,12)(H4,8,10,11,14)/t13-/m0/s1. The van der Waals surface area contributed by atoms with E-state index in [-0.39, 0.29) is 6.67 Å². The highest BCUT2D eigenvalue weighted by molar-refractivity contribution is 8.11. The second-order valence-corrected chi connectivity index (χ2v) is 6.47. The maximum Gasteiger partial charge on any atom is 0.313 e. The molecule has 84 valence electrons. The van der Waals surface area contributed by atoms with Crippen LogP contribution >= 0.6 is 6.49 Å². The highest BCUT2D eigenvalue weighted by Crippen LogP contribution is 2.23. The molecule has 0 aromatic heterocycles. The Morgan fingerprint density at radius 2 is 2.14 bits per heavy atom. The van der Waals surface area contributed by atoms with Gasteiger partial charge in [0.1, 0.15) is 6.49 Å². The molecule has 0 aliphatic heterocycles. The number of primary amides is 1. The molecule has 0 spiro atoms. The maximum atomic E-state index is 10.3. The molecule has 0 aromatic carbocycles. The molecule has 0 radical (unpaired) electrons. The fourth-order valence-corrected chi connectivity index (χ4v) is 2.11. The van der Waals surface area contributed by atoms with E-state index in [2.05, 4.69) is 22.4 Å². The summed E-state index contributed by atoms with van der Waals surface area (Å²) in [5, 5.41) is 8.22. The normalized spacial score (nSPS) is 14.7. The summed E-state index contributed by atoms with van der Waals surface area (Å²) in [6, 6.07) is -0.596. The van der Waals surface area contributed by atoms with E-state index in [4.69, 9.17) is 23.0 Å². The molecule has 14 heavy (non-hydrogen) atoms. The number of nitrogens with one attached hydrogen (secondary N) is 3. The maximum absolute atomic E-state index is 10.3. The Balaban J connectivity index is 3.61. The van der Waals surface area contributed by atoms with Gasteiger partial charge >= 0.3 is 6.03 Å². The van der Waals surface area contributed by atoms with Crippen LogP contribution in [0.2, 0.25) is 0 Å². The molecule has 0 bridgehead atoms. The quantitative estimate of drug-likeness (QED) is 0.240. The van der Waals surface area contributed by atoms with Gasteiger partial charge in [0.25, 0.3) is 0 Å². The molecular weight excluding hydrogens is 221 g/mol. The molecule has 0 saturated heterocycles. The van der Waals surface area contributed by atoms with E-state index < -0.39 is 12.5 Å². The molecule has 0 aliphatic rings. The summed E-state index contributed by atoms with van der Waals surface area (Å²) < 4.78 is 0. The van der Waals surface area contributed by atoms with Crippen molar-refractivity contribution in [3.05, 3.63) is 0 Å². The lowest BCUT2D eigenvalue weighted by Gasteiger charge is -2.19. The molecule has 0 unspecified atom stereocenters. The topological polar surface area (TPSA) is 105 Å². The van der Waals surface area contributed by atoms with Gasteiger partial charge in [0, 0.05) is 6.54 Å². The van der Waals surface area contributed by atoms with Crippen molar-refractivity contribution in [3.63, 3.8) is 0 Å². The molecule has 0 aromatic rings. The monoisotopic (exact) mass is 239 g/mol. The lowest BCUT2D eigenvalue weighted by Crippen LogP contribution is -2.39. The Morgan fingerprint density at radius 3 is 2.64 bits per heavy atom. The summed E-state index contributed by atoms with van der Waals surface area (Å²) in [7, 11) is 0. The van der Waals surface area contributed by atoms with Crippen molar-refractivity contribution in [1.29, 1.82) is 0 Å². The average molecular weight is 239 g/mol. The van der Waals surface area contributed by atoms with Crippen LogP contribution in [0.25, 0.3) is 0 Å². The number of amides is 2. The van der Waals surface area contributed by atoms with Crippen LogP contribution < -0.4 is 26.7 Å². The fourth-order valence-electron chi connectivity index (χ4n) is 0.722. The van der Waals surface area contributed by atoms with Crippen molar-refractivity contribution < 1.29 is 4.79 Å². The van der Waals surface area contributed by atoms with Crippen molar-refractivity contribution in [2.75, 3.05) is 13.2 Å². The van der Waals surface area contributed by atoms with Crippen molar-refractivity contribution in [1.82, 2.24) is 15.5 Å². The molecule has 6 nitrogen and oxygen atoms in total. The molecule has 0 saturated carbocycles. The molecule has 0 aliphatic carbocycles. The van der Waals surface area contributed by atoms with Crippen molar-refractivity contribution >= 4 is 24.3 Å². The molecule has 7 N–H and O–H groups in total. The second kappa shape index (κ2) is 7.14. The third kappa shape index (κ3) is 8.40. The summed E-state index contributed by atoms with van der Waals surface area (Å²) in [4.78, 5) is 10.3. The average Bonchev–Trinajstić information content (AvgIpc) is 2.03. The van der Waals surface area contributed by atoms with Gasteiger partial charge in [-0.2, -0.15) is 0 Å². The minimum atomic E-state index is -2.22. The largest absolute Gasteiger partial charge is 0.352 e. The van der Waals surface area contributed by atoms with Gasteiger partial charge in [-0.1, -0.05) is 13.3 Å². The van der Waals surface area contributed by atoms with Gasteiger partial charge in [-0.15, -0.1) is 0 Å². The van der Waals surface area contributed by atoms with Gasteiger partial charge in [0.2, 0.25) is 0 Å². The summed E-state index contributed by atoms with van der Waals surface area (Å²) >= 11 is 5.08. The van der Waals surface area contributed by atoms with E-state index in [9.17, 15) is 4.79 Å². The third-order valence-corrected chi connectivity index (χ3v) is 3.55. The first-order valence-corrected chi connectivity index (χ1v) is 7.27. The fraction of sp³-hybridized carbons (Fsp3) is 0.833. The highest BCUT2D eigenvalue weighted by atomic mass is 32.4. The Bertz CT molecular complexity index is 224. The first kappa shape index (κ1) is 13.8. The van der Waals surface area contributed by atoms with Crippen molar-refractivity contribution in [2.45, 2.75) is 19.8 Å². The number of urea groups is 1. The number of carbonyl (C=O) groups is 1. The predicted octanol–water partition coefficient (Wildman–Crippen LogP) is -0.225. The Morgan fingerprint density at radius 1 is 1.50 bits per heavy atom. The smallest absolute Gasteiger partial charge is 0.313 e. The van der Waals surface area contributed by atoms with E-state index in [1.54, 1.807) is 0 Å². The first-order chi connectivity index (χ1) is 6.48. The zero-order valence-corrected chi connectivity index (χ0v) is 9.96. The summed E-state index contributed by atoms with van der Waals surface area (Å²) in [6.07, 6.45) is 2.11. The van der Waals surface area contributed by atoms with E-state index in [0.29, 0.717) is 0 Å². The van der Waals surface area contributed by atoms with Crippen molar-refractivity contribution in [2.24, 2.45) is 11.2 Å². The minimum Gasteiger partial charge on any atom is -0.352 e. The molecule has 1 atom stereocenters. The first-order valence-electron chi connectivity index (χ1n) is 4.40. The predicted molar refractivity (Wildman–Crippen MR) is 62.1 cm³/mol. The van der Waals surface area contributed by atoms with Gasteiger partial charge < -0.3 is 11.1 Å². The number of hydrogen-bond donors (Lipinski definition) is 5. The molecule has 0 heterocycles. The molecule has 0 fully saturated rings. The number of nitrogens with two attached hydrogens (primary N) is 2. The lowest BCUT2D eigenvalue weighted by atomic mass is 10.3. The second-order valence-electron chi connectivity index (χ2n) is 2.80. The minimum absolute atomic E-state index is 0.197. The van der Waals surface area contributed by atoms with E-state index in [1.807, 2.05) is 0 Å². The zero-order valence-electron chi connectivity index (χ0n) is 8.25. The SMILES string of the molecule is CCCCN[P@](N)(=S)NCNC(N)=O. The Labute approximate surface area is 89.3 Å². The van der Waals surface area contributed by atoms with Gasteiger partial charge in [-0.05, 0) is 18.2 Å². The number of hydrogen-bond acceptors (Lipinski definition) is 2. The third-order valence-electron chi connectivity index (χ3n) is 1.45.